The fourth-order valence-electron chi connectivity index (χ4n) is 4.14. The predicted octanol–water partition coefficient (Wildman–Crippen LogP) is 3.85. The van der Waals surface area contributed by atoms with Crippen LogP contribution < -0.4 is 0 Å². The van der Waals surface area contributed by atoms with Crippen LogP contribution in [0.2, 0.25) is 0 Å². The third-order valence-electron chi connectivity index (χ3n) is 5.85. The molecule has 0 fully saturated rings. The Morgan fingerprint density at radius 1 is 0.893 bits per heavy atom. The lowest BCUT2D eigenvalue weighted by Gasteiger charge is -2.31. The van der Waals surface area contributed by atoms with Crippen LogP contribution in [0.3, 0.4) is 0 Å². The van der Waals surface area contributed by atoms with Crippen molar-refractivity contribution in [1.29, 1.82) is 0 Å². The molecule has 2 aromatic rings. The number of carbonyl (C=O) groups is 2. The lowest BCUT2D eigenvalue weighted by atomic mass is 9.96. The van der Waals surface area contributed by atoms with Gasteiger partial charge in [0.15, 0.2) is 0 Å². The molecule has 2 heterocycles. The Morgan fingerprint density at radius 2 is 1.61 bits per heavy atom. The summed E-state index contributed by atoms with van der Waals surface area (Å²) in [6.07, 6.45) is 0.878. The topological polar surface area (TPSA) is 40.6 Å². The van der Waals surface area contributed by atoms with E-state index >= 15 is 0 Å². The minimum atomic E-state index is -0.183. The molecule has 0 spiro atoms. The Kier molecular flexibility index (Phi) is 4.58. The summed E-state index contributed by atoms with van der Waals surface area (Å²) in [5.41, 5.74) is 6.77. The summed E-state index contributed by atoms with van der Waals surface area (Å²) in [5, 5.41) is 0. The van der Waals surface area contributed by atoms with Crippen molar-refractivity contribution >= 4 is 17.4 Å². The highest BCUT2D eigenvalue weighted by molar-refractivity contribution is 6.35. The second-order valence-electron chi connectivity index (χ2n) is 8.04. The molecule has 28 heavy (non-hydrogen) atoms. The number of nitrogens with zero attached hydrogens (tertiary/aromatic N) is 2. The molecule has 0 aliphatic carbocycles. The van der Waals surface area contributed by atoms with Crippen LogP contribution in [0.4, 0.5) is 0 Å². The van der Waals surface area contributed by atoms with Gasteiger partial charge in [-0.15, -0.1) is 0 Å². The number of hydrogen-bond acceptors (Lipinski definition) is 3. The van der Waals surface area contributed by atoms with Crippen molar-refractivity contribution in [1.82, 2.24) is 9.80 Å². The van der Waals surface area contributed by atoms with E-state index in [0.29, 0.717) is 17.8 Å². The predicted molar refractivity (Wildman–Crippen MR) is 110 cm³/mol. The van der Waals surface area contributed by atoms with Crippen LogP contribution in [0.15, 0.2) is 48.2 Å². The average Bonchev–Trinajstić information content (AvgIpc) is 2.94. The first-order valence-corrected chi connectivity index (χ1v) is 9.90. The Morgan fingerprint density at radius 3 is 2.29 bits per heavy atom. The van der Waals surface area contributed by atoms with Crippen LogP contribution in [0.1, 0.15) is 41.7 Å². The first-order chi connectivity index (χ1) is 13.4. The maximum absolute atomic E-state index is 13.3. The molecule has 2 aliphatic heterocycles. The number of rotatable bonds is 3. The minimum Gasteiger partial charge on any atom is -0.362 e. The van der Waals surface area contributed by atoms with Gasteiger partial charge in [-0.25, -0.2) is 0 Å². The van der Waals surface area contributed by atoms with E-state index in [1.54, 1.807) is 0 Å². The van der Waals surface area contributed by atoms with Crippen LogP contribution in [0, 0.1) is 13.8 Å². The van der Waals surface area contributed by atoms with Gasteiger partial charge in [0.2, 0.25) is 0 Å². The van der Waals surface area contributed by atoms with Gasteiger partial charge in [0, 0.05) is 19.1 Å². The largest absolute Gasteiger partial charge is 0.362 e. The summed E-state index contributed by atoms with van der Waals surface area (Å²) < 4.78 is 0. The molecule has 0 radical (unpaired) electrons. The smallest absolute Gasteiger partial charge is 0.278 e. The molecule has 0 atom stereocenters. The van der Waals surface area contributed by atoms with E-state index in [1.807, 2.05) is 45.0 Å². The SMILES string of the molecule is Cc1ccc(C2=C(N3CCc4ccccc4C3)C(=O)N(C(C)C)C2=O)cc1C. The maximum atomic E-state index is 13.3. The third kappa shape index (κ3) is 2.93. The van der Waals surface area contributed by atoms with Gasteiger partial charge in [-0.2, -0.15) is 0 Å². The first kappa shape index (κ1) is 18.5. The van der Waals surface area contributed by atoms with Gasteiger partial charge < -0.3 is 4.90 Å². The standard InChI is InChI=1S/C24H26N2O2/c1-15(2)26-23(27)21(19-10-9-16(3)17(4)13-19)22(24(26)28)25-12-11-18-7-5-6-8-20(18)14-25/h5-10,13,15H,11-12,14H2,1-4H3. The summed E-state index contributed by atoms with van der Waals surface area (Å²) >= 11 is 0. The van der Waals surface area contributed by atoms with E-state index in [2.05, 4.69) is 30.0 Å². The molecule has 2 aliphatic rings. The van der Waals surface area contributed by atoms with Gasteiger partial charge in [-0.1, -0.05) is 42.5 Å². The molecule has 4 nitrogen and oxygen atoms in total. The molecular formula is C24H26N2O2. The Hall–Kier alpha value is -2.88. The Labute approximate surface area is 166 Å². The molecule has 0 aromatic heterocycles. The highest BCUT2D eigenvalue weighted by atomic mass is 16.2. The van der Waals surface area contributed by atoms with Crippen molar-refractivity contribution in [2.45, 2.75) is 46.7 Å². The van der Waals surface area contributed by atoms with Crippen LogP contribution in [0.25, 0.3) is 5.57 Å². The zero-order valence-electron chi connectivity index (χ0n) is 17.0. The van der Waals surface area contributed by atoms with Gasteiger partial charge in [-0.05, 0) is 61.9 Å². The quantitative estimate of drug-likeness (QED) is 0.766. The summed E-state index contributed by atoms with van der Waals surface area (Å²) in [5.74, 6) is -0.357. The summed E-state index contributed by atoms with van der Waals surface area (Å²) in [6.45, 7) is 9.27. The molecule has 0 saturated heterocycles. The van der Waals surface area contributed by atoms with E-state index < -0.39 is 0 Å². The zero-order valence-corrected chi connectivity index (χ0v) is 17.0. The number of imide groups is 1. The molecule has 4 heteroatoms. The molecule has 2 aromatic carbocycles. The molecule has 144 valence electrons. The summed E-state index contributed by atoms with van der Waals surface area (Å²) in [7, 11) is 0. The van der Waals surface area contributed by atoms with Crippen molar-refractivity contribution in [3.8, 4) is 0 Å². The number of fused-ring (bicyclic) bond motifs is 1. The van der Waals surface area contributed by atoms with E-state index in [9.17, 15) is 9.59 Å². The number of aryl methyl sites for hydroxylation is 2. The van der Waals surface area contributed by atoms with Crippen LogP contribution in [0.5, 0.6) is 0 Å². The zero-order chi connectivity index (χ0) is 20.0. The van der Waals surface area contributed by atoms with Gasteiger partial charge in [0.25, 0.3) is 11.8 Å². The van der Waals surface area contributed by atoms with E-state index in [-0.39, 0.29) is 17.9 Å². The van der Waals surface area contributed by atoms with Gasteiger partial charge in [-0.3, -0.25) is 14.5 Å². The van der Waals surface area contributed by atoms with Crippen molar-refractivity contribution in [2.75, 3.05) is 6.54 Å². The molecule has 2 amide bonds. The maximum Gasteiger partial charge on any atom is 0.278 e. The van der Waals surface area contributed by atoms with E-state index in [1.165, 1.54) is 21.6 Å². The van der Waals surface area contributed by atoms with Crippen molar-refractivity contribution in [3.63, 3.8) is 0 Å². The second kappa shape index (κ2) is 6.93. The number of amides is 2. The minimum absolute atomic E-state index is 0.170. The van der Waals surface area contributed by atoms with Gasteiger partial charge in [0.05, 0.1) is 5.57 Å². The summed E-state index contributed by atoms with van der Waals surface area (Å²) in [4.78, 5) is 30.1. The molecule has 0 bridgehead atoms. The van der Waals surface area contributed by atoms with Crippen LogP contribution in [-0.2, 0) is 22.6 Å². The van der Waals surface area contributed by atoms with Gasteiger partial charge >= 0.3 is 0 Å². The van der Waals surface area contributed by atoms with Crippen molar-refractivity contribution < 1.29 is 9.59 Å². The average molecular weight is 374 g/mol. The fraction of sp³-hybridized carbons (Fsp3) is 0.333. The highest BCUT2D eigenvalue weighted by Gasteiger charge is 2.43. The molecule has 0 saturated carbocycles. The Bertz CT molecular complexity index is 1000. The van der Waals surface area contributed by atoms with Crippen molar-refractivity contribution in [3.05, 3.63) is 76.0 Å². The second-order valence-corrected chi connectivity index (χ2v) is 8.04. The molecular weight excluding hydrogens is 348 g/mol. The lowest BCUT2D eigenvalue weighted by Crippen LogP contribution is -2.40. The molecule has 4 rings (SSSR count). The normalized spacial score (nSPS) is 17.0. The number of carbonyl (C=O) groups excluding carboxylic acids is 2. The molecule has 0 unspecified atom stereocenters. The Balaban J connectivity index is 1.83. The fourth-order valence-corrected chi connectivity index (χ4v) is 4.14. The van der Waals surface area contributed by atoms with Crippen LogP contribution >= 0.6 is 0 Å². The lowest BCUT2D eigenvalue weighted by molar-refractivity contribution is -0.139. The van der Waals surface area contributed by atoms with Crippen molar-refractivity contribution in [2.24, 2.45) is 0 Å². The van der Waals surface area contributed by atoms with E-state index in [4.69, 9.17) is 0 Å². The van der Waals surface area contributed by atoms with Gasteiger partial charge in [0.1, 0.15) is 5.70 Å². The third-order valence-corrected chi connectivity index (χ3v) is 5.85. The monoisotopic (exact) mass is 374 g/mol. The number of hydrogen-bond donors (Lipinski definition) is 0. The number of benzene rings is 2. The first-order valence-electron chi connectivity index (χ1n) is 9.90. The van der Waals surface area contributed by atoms with Crippen LogP contribution in [-0.4, -0.2) is 34.2 Å². The highest BCUT2D eigenvalue weighted by Crippen LogP contribution is 2.35. The molecule has 0 N–H and O–H groups in total. The van der Waals surface area contributed by atoms with E-state index in [0.717, 1.165) is 24.1 Å². The summed E-state index contributed by atoms with van der Waals surface area (Å²) in [6, 6.07) is 14.2.